The first-order valence-corrected chi connectivity index (χ1v) is 8.52. The third-order valence-corrected chi connectivity index (χ3v) is 5.82. The number of furan rings is 1. The van der Waals surface area contributed by atoms with E-state index in [0.29, 0.717) is 5.25 Å². The fraction of sp³-hybridized carbons (Fsp3) is 0.615. The third kappa shape index (κ3) is 4.19. The van der Waals surface area contributed by atoms with E-state index in [4.69, 9.17) is 4.42 Å². The van der Waals surface area contributed by atoms with Gasteiger partial charge in [-0.05, 0) is 19.1 Å². The number of methoxy groups -OCH3 is 1. The summed E-state index contributed by atoms with van der Waals surface area (Å²) >= 11 is 4.04. The second kappa shape index (κ2) is 7.26. The van der Waals surface area contributed by atoms with Gasteiger partial charge in [0.15, 0.2) is 0 Å². The fourth-order valence-electron chi connectivity index (χ4n) is 1.86. The van der Waals surface area contributed by atoms with Crippen molar-refractivity contribution in [1.82, 2.24) is 5.32 Å². The van der Waals surface area contributed by atoms with Gasteiger partial charge in [-0.15, -0.1) is 0 Å². The molecule has 0 aliphatic carbocycles. The SMILES string of the molecule is COC(=O)c1ccc(C(C)NCC2CSCCS2)o1. The normalized spacial score (nSPS) is 21.1. The van der Waals surface area contributed by atoms with E-state index in [2.05, 4.69) is 10.1 Å². The summed E-state index contributed by atoms with van der Waals surface area (Å²) in [6.07, 6.45) is 0. The molecule has 0 aromatic carbocycles. The van der Waals surface area contributed by atoms with E-state index in [1.54, 1.807) is 6.07 Å². The zero-order chi connectivity index (χ0) is 13.7. The first kappa shape index (κ1) is 14.8. The fourth-order valence-corrected chi connectivity index (χ4v) is 4.48. The van der Waals surface area contributed by atoms with E-state index < -0.39 is 5.97 Å². The smallest absolute Gasteiger partial charge is 0.373 e. The molecule has 1 fully saturated rings. The van der Waals surface area contributed by atoms with E-state index >= 15 is 0 Å². The maximum Gasteiger partial charge on any atom is 0.373 e. The number of rotatable bonds is 5. The van der Waals surface area contributed by atoms with Crippen LogP contribution >= 0.6 is 23.5 Å². The molecule has 0 bridgehead atoms. The number of ether oxygens (including phenoxy) is 1. The maximum absolute atomic E-state index is 11.3. The standard InChI is InChI=1S/C13H19NO3S2/c1-9(14-7-10-8-18-5-6-19-10)11-3-4-12(17-11)13(15)16-2/h3-4,9-10,14H,5-8H2,1-2H3. The van der Waals surface area contributed by atoms with Gasteiger partial charge < -0.3 is 14.5 Å². The third-order valence-electron chi connectivity index (χ3n) is 2.98. The lowest BCUT2D eigenvalue weighted by Crippen LogP contribution is -2.30. The number of thioether (sulfide) groups is 2. The van der Waals surface area contributed by atoms with Crippen LogP contribution in [0, 0.1) is 0 Å². The molecular formula is C13H19NO3S2. The van der Waals surface area contributed by atoms with Crippen LogP contribution in [0.15, 0.2) is 16.5 Å². The molecule has 1 N–H and O–H groups in total. The van der Waals surface area contributed by atoms with Gasteiger partial charge in [0.1, 0.15) is 5.76 Å². The highest BCUT2D eigenvalue weighted by molar-refractivity contribution is 8.06. The molecule has 0 spiro atoms. The van der Waals surface area contributed by atoms with Crippen LogP contribution in [0.25, 0.3) is 0 Å². The Balaban J connectivity index is 1.83. The van der Waals surface area contributed by atoms with Crippen molar-refractivity contribution in [3.05, 3.63) is 23.7 Å². The van der Waals surface area contributed by atoms with Gasteiger partial charge in [0, 0.05) is 29.1 Å². The lowest BCUT2D eigenvalue weighted by molar-refractivity contribution is 0.0562. The molecule has 106 valence electrons. The summed E-state index contributed by atoms with van der Waals surface area (Å²) in [5.74, 6) is 4.30. The van der Waals surface area contributed by atoms with Crippen molar-refractivity contribution >= 4 is 29.5 Å². The highest BCUT2D eigenvalue weighted by Crippen LogP contribution is 2.24. The Morgan fingerprint density at radius 2 is 2.42 bits per heavy atom. The Morgan fingerprint density at radius 1 is 1.58 bits per heavy atom. The molecule has 4 nitrogen and oxygen atoms in total. The zero-order valence-electron chi connectivity index (χ0n) is 11.2. The number of carbonyl (C=O) groups is 1. The Labute approximate surface area is 122 Å². The molecule has 1 aromatic heterocycles. The van der Waals surface area contributed by atoms with Gasteiger partial charge in [-0.1, -0.05) is 0 Å². The van der Waals surface area contributed by atoms with Crippen LogP contribution in [0.3, 0.4) is 0 Å². The second-order valence-electron chi connectivity index (χ2n) is 4.39. The molecule has 1 saturated heterocycles. The summed E-state index contributed by atoms with van der Waals surface area (Å²) in [6.45, 7) is 3.01. The van der Waals surface area contributed by atoms with Crippen LogP contribution in [-0.4, -0.2) is 42.1 Å². The predicted molar refractivity (Wildman–Crippen MR) is 80.0 cm³/mol. The molecule has 2 rings (SSSR count). The summed E-state index contributed by atoms with van der Waals surface area (Å²) in [6, 6.07) is 3.59. The van der Waals surface area contributed by atoms with Crippen molar-refractivity contribution in [1.29, 1.82) is 0 Å². The van der Waals surface area contributed by atoms with Gasteiger partial charge in [0.25, 0.3) is 0 Å². The highest BCUT2D eigenvalue weighted by atomic mass is 32.2. The van der Waals surface area contributed by atoms with Crippen molar-refractivity contribution in [2.24, 2.45) is 0 Å². The van der Waals surface area contributed by atoms with Gasteiger partial charge in [-0.25, -0.2) is 4.79 Å². The Morgan fingerprint density at radius 3 is 3.11 bits per heavy atom. The molecule has 1 aromatic rings. The molecule has 2 unspecified atom stereocenters. The highest BCUT2D eigenvalue weighted by Gasteiger charge is 2.18. The van der Waals surface area contributed by atoms with E-state index in [1.807, 2.05) is 36.5 Å². The van der Waals surface area contributed by atoms with Gasteiger partial charge in [-0.3, -0.25) is 0 Å². The number of carbonyl (C=O) groups excluding carboxylic acids is 1. The molecule has 1 aliphatic heterocycles. The molecule has 0 radical (unpaired) electrons. The van der Waals surface area contributed by atoms with E-state index in [1.165, 1.54) is 24.4 Å². The molecule has 0 saturated carbocycles. The summed E-state index contributed by atoms with van der Waals surface area (Å²) in [4.78, 5) is 11.3. The number of hydrogen-bond donors (Lipinski definition) is 1. The molecule has 19 heavy (non-hydrogen) atoms. The summed E-state index contributed by atoms with van der Waals surface area (Å²) < 4.78 is 10.1. The van der Waals surface area contributed by atoms with Crippen molar-refractivity contribution in [2.45, 2.75) is 18.2 Å². The quantitative estimate of drug-likeness (QED) is 0.844. The minimum absolute atomic E-state index is 0.103. The zero-order valence-corrected chi connectivity index (χ0v) is 12.8. The van der Waals surface area contributed by atoms with Gasteiger partial charge in [0.2, 0.25) is 5.76 Å². The van der Waals surface area contributed by atoms with Crippen molar-refractivity contribution in [3.63, 3.8) is 0 Å². The van der Waals surface area contributed by atoms with Gasteiger partial charge >= 0.3 is 5.97 Å². The van der Waals surface area contributed by atoms with Crippen molar-refractivity contribution in [2.75, 3.05) is 30.9 Å². The van der Waals surface area contributed by atoms with Gasteiger partial charge in [-0.2, -0.15) is 23.5 Å². The molecule has 1 aliphatic rings. The largest absolute Gasteiger partial charge is 0.463 e. The summed E-state index contributed by atoms with van der Waals surface area (Å²) in [5, 5.41) is 4.12. The first-order valence-electron chi connectivity index (χ1n) is 6.31. The Kier molecular flexibility index (Phi) is 5.66. The van der Waals surface area contributed by atoms with E-state index in [0.717, 1.165) is 12.3 Å². The van der Waals surface area contributed by atoms with Crippen molar-refractivity contribution < 1.29 is 13.9 Å². The maximum atomic E-state index is 11.3. The van der Waals surface area contributed by atoms with Crippen LogP contribution in [0.2, 0.25) is 0 Å². The first-order chi connectivity index (χ1) is 9.20. The number of esters is 1. The van der Waals surface area contributed by atoms with Crippen LogP contribution in [-0.2, 0) is 4.74 Å². The van der Waals surface area contributed by atoms with Crippen LogP contribution in [0.5, 0.6) is 0 Å². The van der Waals surface area contributed by atoms with Crippen molar-refractivity contribution in [3.8, 4) is 0 Å². The second-order valence-corrected chi connectivity index (χ2v) is 6.95. The predicted octanol–water partition coefficient (Wildman–Crippen LogP) is 2.57. The minimum atomic E-state index is -0.433. The summed E-state index contributed by atoms with van der Waals surface area (Å²) in [5.41, 5.74) is 0. The van der Waals surface area contributed by atoms with E-state index in [9.17, 15) is 4.79 Å². The number of nitrogens with one attached hydrogen (secondary N) is 1. The Bertz CT molecular complexity index is 416. The lowest BCUT2D eigenvalue weighted by atomic mass is 10.2. The van der Waals surface area contributed by atoms with Crippen LogP contribution in [0.1, 0.15) is 29.3 Å². The van der Waals surface area contributed by atoms with E-state index in [-0.39, 0.29) is 11.8 Å². The van der Waals surface area contributed by atoms with Gasteiger partial charge in [0.05, 0.1) is 13.2 Å². The van der Waals surface area contributed by atoms with Crippen LogP contribution in [0.4, 0.5) is 0 Å². The molecule has 2 atom stereocenters. The number of hydrogen-bond acceptors (Lipinski definition) is 6. The average Bonchev–Trinajstić information content (AvgIpc) is 2.95. The monoisotopic (exact) mass is 301 g/mol. The van der Waals surface area contributed by atoms with Crippen LogP contribution < -0.4 is 5.32 Å². The minimum Gasteiger partial charge on any atom is -0.463 e. The molecule has 6 heteroatoms. The topological polar surface area (TPSA) is 51.5 Å². The molecule has 0 amide bonds. The Hall–Kier alpha value is -0.590. The summed E-state index contributed by atoms with van der Waals surface area (Å²) in [7, 11) is 1.35. The molecular weight excluding hydrogens is 282 g/mol. The average molecular weight is 301 g/mol. The molecule has 2 heterocycles. The lowest BCUT2D eigenvalue weighted by Gasteiger charge is -2.22.